The van der Waals surface area contributed by atoms with Gasteiger partial charge in [-0.05, 0) is 6.07 Å². The highest BCUT2D eigenvalue weighted by molar-refractivity contribution is 5.72. The van der Waals surface area contributed by atoms with Gasteiger partial charge in [0, 0.05) is 26.1 Å². The lowest BCUT2D eigenvalue weighted by Gasteiger charge is -2.16. The quantitative estimate of drug-likeness (QED) is 0.739. The summed E-state index contributed by atoms with van der Waals surface area (Å²) >= 11 is 0. The summed E-state index contributed by atoms with van der Waals surface area (Å²) in [5.74, 6) is -0.377. The largest absolute Gasteiger partial charge is 0.281 e. The fraction of sp³-hybridized carbons (Fsp3) is 0.300. The summed E-state index contributed by atoms with van der Waals surface area (Å²) in [6.07, 6.45) is 0. The Balaban J connectivity index is 2.54. The molecule has 1 aromatic carbocycles. The Morgan fingerprint density at radius 2 is 2.14 bits per heavy atom. The fourth-order valence-electron chi connectivity index (χ4n) is 0.957. The van der Waals surface area contributed by atoms with Crippen LogP contribution in [0.2, 0.25) is 0 Å². The number of carbonyl (C=O) groups excluding carboxylic acids is 1. The van der Waals surface area contributed by atoms with E-state index in [-0.39, 0.29) is 11.7 Å². The molecule has 0 aliphatic rings. The monoisotopic (exact) mass is 196 g/mol. The van der Waals surface area contributed by atoms with Crippen LogP contribution >= 0.6 is 0 Å². The van der Waals surface area contributed by atoms with E-state index in [1.165, 1.54) is 18.0 Å². The number of benzene rings is 1. The molecule has 3 nitrogen and oxygen atoms in total. The van der Waals surface area contributed by atoms with Gasteiger partial charge in [0.05, 0.1) is 0 Å². The van der Waals surface area contributed by atoms with Crippen molar-refractivity contribution in [3.63, 3.8) is 0 Å². The molecule has 1 N–H and O–H groups in total. The smallest absolute Gasteiger partial charge is 0.233 e. The Morgan fingerprint density at radius 1 is 1.50 bits per heavy atom. The lowest BCUT2D eigenvalue weighted by atomic mass is 10.2. The van der Waals surface area contributed by atoms with Crippen molar-refractivity contribution in [1.82, 2.24) is 10.4 Å². The van der Waals surface area contributed by atoms with Gasteiger partial charge >= 0.3 is 0 Å². The van der Waals surface area contributed by atoms with Crippen LogP contribution in [0.1, 0.15) is 12.5 Å². The normalized spacial score (nSPS) is 9.93. The van der Waals surface area contributed by atoms with Crippen molar-refractivity contribution in [2.75, 3.05) is 7.05 Å². The van der Waals surface area contributed by atoms with E-state index in [0.717, 1.165) is 0 Å². The fourth-order valence-corrected chi connectivity index (χ4v) is 0.957. The van der Waals surface area contributed by atoms with Gasteiger partial charge in [-0.3, -0.25) is 9.80 Å². The Kier molecular flexibility index (Phi) is 3.59. The molecular formula is C10H13FN2O. The average molecular weight is 196 g/mol. The van der Waals surface area contributed by atoms with Crippen LogP contribution in [-0.2, 0) is 11.3 Å². The van der Waals surface area contributed by atoms with Crippen LogP contribution in [-0.4, -0.2) is 18.0 Å². The molecule has 1 aromatic rings. The molecule has 0 saturated heterocycles. The minimum Gasteiger partial charge on any atom is -0.281 e. The molecule has 0 aromatic heterocycles. The van der Waals surface area contributed by atoms with E-state index in [2.05, 4.69) is 5.43 Å². The van der Waals surface area contributed by atoms with E-state index in [0.29, 0.717) is 12.1 Å². The summed E-state index contributed by atoms with van der Waals surface area (Å²) in [5.41, 5.74) is 3.33. The van der Waals surface area contributed by atoms with Crippen LogP contribution in [0.25, 0.3) is 0 Å². The molecule has 76 valence electrons. The number of nitrogens with zero attached hydrogens (tertiary/aromatic N) is 1. The van der Waals surface area contributed by atoms with Gasteiger partial charge in [-0.25, -0.2) is 9.82 Å². The number of hydrogen-bond acceptors (Lipinski definition) is 2. The van der Waals surface area contributed by atoms with Gasteiger partial charge in [0.2, 0.25) is 5.91 Å². The van der Waals surface area contributed by atoms with E-state index in [1.54, 1.807) is 25.2 Å². The average Bonchev–Trinajstić information content (AvgIpc) is 2.16. The second-order valence-electron chi connectivity index (χ2n) is 3.00. The van der Waals surface area contributed by atoms with Crippen LogP contribution in [0.3, 0.4) is 0 Å². The molecule has 0 bridgehead atoms. The van der Waals surface area contributed by atoms with Gasteiger partial charge in [-0.2, -0.15) is 0 Å². The van der Waals surface area contributed by atoms with Crippen molar-refractivity contribution in [3.05, 3.63) is 35.6 Å². The Hall–Kier alpha value is -1.42. The molecule has 0 radical (unpaired) electrons. The zero-order chi connectivity index (χ0) is 10.6. The summed E-state index contributed by atoms with van der Waals surface area (Å²) in [4.78, 5) is 10.8. The lowest BCUT2D eigenvalue weighted by molar-refractivity contribution is -0.130. The van der Waals surface area contributed by atoms with Gasteiger partial charge in [0.1, 0.15) is 5.82 Å². The first kappa shape index (κ1) is 10.7. The van der Waals surface area contributed by atoms with Crippen molar-refractivity contribution in [2.45, 2.75) is 13.5 Å². The second-order valence-corrected chi connectivity index (χ2v) is 3.00. The molecule has 0 aliphatic heterocycles. The number of hydrazine groups is 1. The molecule has 1 amide bonds. The van der Waals surface area contributed by atoms with Crippen LogP contribution in [0.15, 0.2) is 24.3 Å². The molecule has 0 saturated carbocycles. The first-order valence-electron chi connectivity index (χ1n) is 4.32. The number of carbonyl (C=O) groups is 1. The highest BCUT2D eigenvalue weighted by Gasteiger charge is 2.03. The standard InChI is InChI=1S/C10H13FN2O/c1-8(14)13(2)12-7-9-5-3-4-6-10(9)11/h3-6,12H,7H2,1-2H3. The Bertz CT molecular complexity index is 328. The summed E-state index contributed by atoms with van der Waals surface area (Å²) in [6.45, 7) is 1.75. The molecule has 0 atom stereocenters. The van der Waals surface area contributed by atoms with E-state index in [1.807, 2.05) is 0 Å². The van der Waals surface area contributed by atoms with Crippen molar-refractivity contribution < 1.29 is 9.18 Å². The summed E-state index contributed by atoms with van der Waals surface area (Å²) in [6, 6.07) is 6.46. The van der Waals surface area contributed by atoms with Crippen LogP contribution in [0, 0.1) is 5.82 Å². The van der Waals surface area contributed by atoms with Gasteiger partial charge in [0.15, 0.2) is 0 Å². The minimum atomic E-state index is -0.267. The number of rotatable bonds is 3. The highest BCUT2D eigenvalue weighted by atomic mass is 19.1. The highest BCUT2D eigenvalue weighted by Crippen LogP contribution is 2.05. The second kappa shape index (κ2) is 4.72. The topological polar surface area (TPSA) is 32.3 Å². The molecule has 0 unspecified atom stereocenters. The molecule has 4 heteroatoms. The third-order valence-corrected chi connectivity index (χ3v) is 1.94. The summed E-state index contributed by atoms with van der Waals surface area (Å²) < 4.78 is 13.1. The van der Waals surface area contributed by atoms with Gasteiger partial charge in [0.25, 0.3) is 0 Å². The van der Waals surface area contributed by atoms with Crippen molar-refractivity contribution in [3.8, 4) is 0 Å². The van der Waals surface area contributed by atoms with E-state index >= 15 is 0 Å². The number of halogens is 1. The third-order valence-electron chi connectivity index (χ3n) is 1.94. The van der Waals surface area contributed by atoms with E-state index < -0.39 is 0 Å². The van der Waals surface area contributed by atoms with Crippen LogP contribution in [0.5, 0.6) is 0 Å². The minimum absolute atomic E-state index is 0.110. The maximum atomic E-state index is 13.1. The maximum absolute atomic E-state index is 13.1. The predicted molar refractivity (Wildman–Crippen MR) is 51.7 cm³/mol. The van der Waals surface area contributed by atoms with E-state index in [4.69, 9.17) is 0 Å². The Labute approximate surface area is 82.5 Å². The third kappa shape index (κ3) is 2.81. The summed E-state index contributed by atoms with van der Waals surface area (Å²) in [7, 11) is 1.60. The predicted octanol–water partition coefficient (Wildman–Crippen LogP) is 1.31. The summed E-state index contributed by atoms with van der Waals surface area (Å²) in [5, 5.41) is 1.33. The molecule has 0 aliphatic carbocycles. The van der Waals surface area contributed by atoms with Crippen LogP contribution < -0.4 is 5.43 Å². The molecule has 0 fully saturated rings. The van der Waals surface area contributed by atoms with Gasteiger partial charge in [-0.1, -0.05) is 18.2 Å². The molecule has 0 spiro atoms. The van der Waals surface area contributed by atoms with E-state index in [9.17, 15) is 9.18 Å². The number of hydrogen-bond donors (Lipinski definition) is 1. The number of nitrogens with one attached hydrogen (secondary N) is 1. The SMILES string of the molecule is CC(=O)N(C)NCc1ccccc1F. The van der Waals surface area contributed by atoms with Gasteiger partial charge < -0.3 is 0 Å². The molecule has 1 rings (SSSR count). The first-order chi connectivity index (χ1) is 6.61. The van der Waals surface area contributed by atoms with Gasteiger partial charge in [-0.15, -0.1) is 0 Å². The molecule has 0 heterocycles. The van der Waals surface area contributed by atoms with Crippen LogP contribution in [0.4, 0.5) is 4.39 Å². The molecular weight excluding hydrogens is 183 g/mol. The Morgan fingerprint density at radius 3 is 2.71 bits per heavy atom. The molecule has 14 heavy (non-hydrogen) atoms. The first-order valence-corrected chi connectivity index (χ1v) is 4.32. The van der Waals surface area contributed by atoms with Crippen molar-refractivity contribution in [2.24, 2.45) is 0 Å². The number of amides is 1. The maximum Gasteiger partial charge on any atom is 0.233 e. The van der Waals surface area contributed by atoms with Crippen molar-refractivity contribution in [1.29, 1.82) is 0 Å². The zero-order valence-corrected chi connectivity index (χ0v) is 8.25. The van der Waals surface area contributed by atoms with Crippen molar-refractivity contribution >= 4 is 5.91 Å². The zero-order valence-electron chi connectivity index (χ0n) is 8.25. The lowest BCUT2D eigenvalue weighted by Crippen LogP contribution is -2.37.